The van der Waals surface area contributed by atoms with Crippen LogP contribution in [0.4, 0.5) is 5.69 Å². The van der Waals surface area contributed by atoms with Crippen molar-refractivity contribution in [1.29, 1.82) is 0 Å². The molecule has 6 nitrogen and oxygen atoms in total. The van der Waals surface area contributed by atoms with Gasteiger partial charge in [-0.25, -0.2) is 4.72 Å². The highest BCUT2D eigenvalue weighted by Gasteiger charge is 2.31. The van der Waals surface area contributed by atoms with Gasteiger partial charge in [0.25, 0.3) is 5.91 Å². The first kappa shape index (κ1) is 15.7. The number of fused-ring (bicyclic) bond motifs is 2. The van der Waals surface area contributed by atoms with E-state index in [1.165, 1.54) is 4.31 Å². The Kier molecular flexibility index (Phi) is 3.54. The molecule has 1 N–H and O–H groups in total. The van der Waals surface area contributed by atoms with E-state index in [4.69, 9.17) is 0 Å². The van der Waals surface area contributed by atoms with Crippen molar-refractivity contribution in [1.82, 2.24) is 9.29 Å². The largest absolute Gasteiger partial charge is 0.340 e. The molecular weight excluding hydrogens is 338 g/mol. The van der Waals surface area contributed by atoms with Crippen molar-refractivity contribution < 1.29 is 13.2 Å². The van der Waals surface area contributed by atoms with Crippen molar-refractivity contribution in [3.8, 4) is 0 Å². The maximum absolute atomic E-state index is 12.7. The predicted octanol–water partition coefficient (Wildman–Crippen LogP) is 2.22. The van der Waals surface area contributed by atoms with E-state index in [-0.39, 0.29) is 0 Å². The molecule has 0 atom stereocenters. The van der Waals surface area contributed by atoms with Gasteiger partial charge in [-0.2, -0.15) is 8.42 Å². The number of hydrogen-bond acceptors (Lipinski definition) is 3. The zero-order chi connectivity index (χ0) is 17.6. The number of nitrogens with zero attached hydrogens (tertiary/aromatic N) is 2. The Labute approximate surface area is 145 Å². The van der Waals surface area contributed by atoms with Crippen LogP contribution in [0.25, 0.3) is 10.9 Å². The number of benzene rings is 2. The van der Waals surface area contributed by atoms with Crippen LogP contribution in [-0.4, -0.2) is 25.4 Å². The molecule has 0 unspecified atom stereocenters. The summed E-state index contributed by atoms with van der Waals surface area (Å²) in [7, 11) is -2.21. The molecular formula is C18H17N3O3S. The van der Waals surface area contributed by atoms with Crippen LogP contribution < -0.4 is 9.03 Å². The summed E-state index contributed by atoms with van der Waals surface area (Å²) in [5.41, 5.74) is 2.76. The molecule has 1 aliphatic rings. The Bertz CT molecular complexity index is 1090. The lowest BCUT2D eigenvalue weighted by molar-refractivity contribution is 0.0974. The highest BCUT2D eigenvalue weighted by atomic mass is 32.2. The summed E-state index contributed by atoms with van der Waals surface area (Å²) in [6.45, 7) is 0.330. The predicted molar refractivity (Wildman–Crippen MR) is 96.8 cm³/mol. The lowest BCUT2D eigenvalue weighted by Crippen LogP contribution is -2.43. The molecule has 128 valence electrons. The average Bonchev–Trinajstić information content (AvgIpc) is 3.17. The fourth-order valence-electron chi connectivity index (χ4n) is 3.29. The van der Waals surface area contributed by atoms with Gasteiger partial charge in [0.2, 0.25) is 0 Å². The van der Waals surface area contributed by atoms with Crippen LogP contribution >= 0.6 is 0 Å². The Morgan fingerprint density at radius 3 is 2.60 bits per heavy atom. The van der Waals surface area contributed by atoms with Crippen molar-refractivity contribution >= 4 is 32.7 Å². The summed E-state index contributed by atoms with van der Waals surface area (Å²) in [6, 6.07) is 16.5. The fraction of sp³-hybridized carbons (Fsp3) is 0.167. The molecule has 2 heterocycles. The Hall–Kier alpha value is -2.80. The van der Waals surface area contributed by atoms with E-state index in [9.17, 15) is 13.2 Å². The number of nitrogens with one attached hydrogen (secondary N) is 1. The average molecular weight is 355 g/mol. The van der Waals surface area contributed by atoms with E-state index in [1.54, 1.807) is 29.8 Å². The van der Waals surface area contributed by atoms with Gasteiger partial charge in [0.05, 0.1) is 5.69 Å². The van der Waals surface area contributed by atoms with Crippen LogP contribution in [0.3, 0.4) is 0 Å². The number of anilines is 1. The van der Waals surface area contributed by atoms with Crippen LogP contribution in [-0.2, 0) is 23.7 Å². The number of hydrogen-bond donors (Lipinski definition) is 1. The Balaban J connectivity index is 1.65. The number of aryl methyl sites for hydroxylation is 1. The van der Waals surface area contributed by atoms with Crippen molar-refractivity contribution in [2.24, 2.45) is 7.05 Å². The van der Waals surface area contributed by atoms with Gasteiger partial charge in [-0.15, -0.1) is 0 Å². The third kappa shape index (κ3) is 2.56. The van der Waals surface area contributed by atoms with Gasteiger partial charge in [0.1, 0.15) is 5.69 Å². The first-order valence-corrected chi connectivity index (χ1v) is 9.38. The monoisotopic (exact) mass is 355 g/mol. The van der Waals surface area contributed by atoms with Gasteiger partial charge in [-0.3, -0.25) is 9.10 Å². The van der Waals surface area contributed by atoms with Crippen LogP contribution in [0.15, 0.2) is 54.6 Å². The Morgan fingerprint density at radius 2 is 1.80 bits per heavy atom. The molecule has 0 radical (unpaired) electrons. The molecule has 0 spiro atoms. The molecule has 0 saturated heterocycles. The normalized spacial score (nSPS) is 13.9. The number of rotatable bonds is 3. The summed E-state index contributed by atoms with van der Waals surface area (Å²) >= 11 is 0. The second kappa shape index (κ2) is 5.63. The Morgan fingerprint density at radius 1 is 1.08 bits per heavy atom. The molecule has 1 amide bonds. The first-order valence-electron chi connectivity index (χ1n) is 7.94. The number of carbonyl (C=O) groups excluding carboxylic acids is 1. The lowest BCUT2D eigenvalue weighted by atomic mass is 10.2. The molecule has 7 heteroatoms. The van der Waals surface area contributed by atoms with Crippen LogP contribution in [0.5, 0.6) is 0 Å². The van der Waals surface area contributed by atoms with Crippen molar-refractivity contribution in [2.75, 3.05) is 10.8 Å². The highest BCUT2D eigenvalue weighted by Crippen LogP contribution is 2.29. The zero-order valence-corrected chi connectivity index (χ0v) is 14.5. The van der Waals surface area contributed by atoms with E-state index in [1.807, 2.05) is 36.4 Å². The summed E-state index contributed by atoms with van der Waals surface area (Å²) in [4.78, 5) is 12.6. The van der Waals surface area contributed by atoms with Crippen molar-refractivity contribution in [3.63, 3.8) is 0 Å². The maximum atomic E-state index is 12.7. The van der Waals surface area contributed by atoms with Gasteiger partial charge in [0.15, 0.2) is 0 Å². The standard InChI is InChI=1S/C18H17N3O3S/c1-20-15-8-4-3-7-14(15)12-17(20)18(22)19-25(23,24)21-11-10-13-6-2-5-9-16(13)21/h2-9,12H,10-11H2,1H3,(H,19,22). The second-order valence-corrected chi connectivity index (χ2v) is 7.63. The summed E-state index contributed by atoms with van der Waals surface area (Å²) in [6.07, 6.45) is 0.638. The van der Waals surface area contributed by atoms with Crippen LogP contribution in [0, 0.1) is 0 Å². The van der Waals surface area contributed by atoms with Crippen LogP contribution in [0.2, 0.25) is 0 Å². The molecule has 1 aliphatic heterocycles. The minimum Gasteiger partial charge on any atom is -0.340 e. The van der Waals surface area contributed by atoms with Crippen molar-refractivity contribution in [3.05, 3.63) is 65.9 Å². The molecule has 4 rings (SSSR count). The quantitative estimate of drug-likeness (QED) is 0.783. The fourth-order valence-corrected chi connectivity index (χ4v) is 4.51. The molecule has 2 aromatic carbocycles. The van der Waals surface area contributed by atoms with E-state index in [0.29, 0.717) is 24.3 Å². The second-order valence-electron chi connectivity index (χ2n) is 6.03. The first-order chi connectivity index (χ1) is 12.0. The van der Waals surface area contributed by atoms with Gasteiger partial charge >= 0.3 is 10.2 Å². The van der Waals surface area contributed by atoms with Crippen molar-refractivity contribution in [2.45, 2.75) is 6.42 Å². The maximum Gasteiger partial charge on any atom is 0.326 e. The summed E-state index contributed by atoms with van der Waals surface area (Å²) < 4.78 is 30.5. The molecule has 3 aromatic rings. The molecule has 25 heavy (non-hydrogen) atoms. The van der Waals surface area contributed by atoms with Gasteiger partial charge in [-0.05, 0) is 30.2 Å². The van der Waals surface area contributed by atoms with Crippen LogP contribution in [0.1, 0.15) is 16.1 Å². The smallest absolute Gasteiger partial charge is 0.326 e. The SMILES string of the molecule is Cn1c(C(=O)NS(=O)(=O)N2CCc3ccccc32)cc2ccccc21. The minimum absolute atomic E-state index is 0.303. The lowest BCUT2D eigenvalue weighted by Gasteiger charge is -2.19. The van der Waals surface area contributed by atoms with E-state index in [2.05, 4.69) is 4.72 Å². The van der Waals surface area contributed by atoms with E-state index >= 15 is 0 Å². The minimum atomic E-state index is -3.95. The summed E-state index contributed by atoms with van der Waals surface area (Å²) in [5.74, 6) is -0.636. The zero-order valence-electron chi connectivity index (χ0n) is 13.6. The van der Waals surface area contributed by atoms with Gasteiger partial charge in [0, 0.05) is 24.5 Å². The molecule has 0 saturated carbocycles. The molecule has 1 aromatic heterocycles. The van der Waals surface area contributed by atoms with E-state index < -0.39 is 16.1 Å². The molecule has 0 fully saturated rings. The third-order valence-corrected chi connectivity index (χ3v) is 5.94. The molecule has 0 bridgehead atoms. The number of carbonyl (C=O) groups is 1. The third-order valence-electron chi connectivity index (χ3n) is 4.54. The van der Waals surface area contributed by atoms with E-state index in [0.717, 1.165) is 16.5 Å². The number of aromatic nitrogens is 1. The number of amides is 1. The molecule has 0 aliphatic carbocycles. The number of para-hydroxylation sites is 2. The van der Waals surface area contributed by atoms with Gasteiger partial charge < -0.3 is 4.57 Å². The highest BCUT2D eigenvalue weighted by molar-refractivity contribution is 7.91. The van der Waals surface area contributed by atoms with Gasteiger partial charge in [-0.1, -0.05) is 36.4 Å². The topological polar surface area (TPSA) is 71.4 Å². The summed E-state index contributed by atoms with van der Waals surface area (Å²) in [5, 5.41) is 0.888.